The Morgan fingerprint density at radius 1 is 1.08 bits per heavy atom. The molecule has 0 aliphatic heterocycles. The Hall–Kier alpha value is -3.39. The molecule has 0 bridgehead atoms. The quantitative estimate of drug-likeness (QED) is 0.326. The Morgan fingerprint density at radius 3 is 2.51 bits per heavy atom. The Labute approximate surface area is 221 Å². The third-order valence-corrected chi connectivity index (χ3v) is 8.34. The van der Waals surface area contributed by atoms with Crippen molar-refractivity contribution >= 4 is 45.8 Å². The van der Waals surface area contributed by atoms with Crippen LogP contribution in [0.2, 0.25) is 0 Å². The number of nitrogens with zero attached hydrogens (tertiary/aromatic N) is 2. The first-order chi connectivity index (χ1) is 17.9. The van der Waals surface area contributed by atoms with Crippen LogP contribution in [0.4, 0.5) is 11.5 Å². The number of benzene rings is 1. The molecule has 3 aromatic rings. The predicted octanol–water partition coefficient (Wildman–Crippen LogP) is 5.85. The average molecular weight is 517 g/mol. The fourth-order valence-electron chi connectivity index (χ4n) is 5.36. The molecule has 5 rings (SSSR count). The highest BCUT2D eigenvalue weighted by Crippen LogP contribution is 2.55. The lowest BCUT2D eigenvalue weighted by atomic mass is 9.62. The van der Waals surface area contributed by atoms with Gasteiger partial charge in [-0.15, -0.1) is 11.8 Å². The zero-order chi connectivity index (χ0) is 26.0. The van der Waals surface area contributed by atoms with Gasteiger partial charge in [-0.1, -0.05) is 45.2 Å². The van der Waals surface area contributed by atoms with E-state index >= 15 is 0 Å². The van der Waals surface area contributed by atoms with E-state index in [9.17, 15) is 14.7 Å². The number of fused-ring (bicyclic) bond motifs is 1. The van der Waals surface area contributed by atoms with E-state index in [1.807, 2.05) is 36.4 Å². The van der Waals surface area contributed by atoms with Crippen LogP contribution in [-0.4, -0.2) is 38.1 Å². The van der Waals surface area contributed by atoms with Crippen LogP contribution in [0.3, 0.4) is 0 Å². The van der Waals surface area contributed by atoms with Gasteiger partial charge in [-0.05, 0) is 48.1 Å². The number of rotatable bonds is 9. The number of thioether (sulfide) groups is 1. The van der Waals surface area contributed by atoms with Gasteiger partial charge in [0.15, 0.2) is 5.78 Å². The molecular weight excluding hydrogens is 484 g/mol. The van der Waals surface area contributed by atoms with Gasteiger partial charge in [0.1, 0.15) is 11.9 Å². The van der Waals surface area contributed by atoms with Crippen LogP contribution in [0.1, 0.15) is 51.5 Å². The summed E-state index contributed by atoms with van der Waals surface area (Å²) in [4.78, 5) is 34.8. The Balaban J connectivity index is 1.33. The van der Waals surface area contributed by atoms with E-state index in [0.717, 1.165) is 70.5 Å². The smallest absolute Gasteiger partial charge is 0.326 e. The summed E-state index contributed by atoms with van der Waals surface area (Å²) in [5.74, 6) is 0.00422. The van der Waals surface area contributed by atoms with Crippen LogP contribution in [0, 0.1) is 5.41 Å². The van der Waals surface area contributed by atoms with Crippen LogP contribution < -0.4 is 10.6 Å². The van der Waals surface area contributed by atoms with Crippen molar-refractivity contribution in [1.82, 2.24) is 15.3 Å². The van der Waals surface area contributed by atoms with Crippen molar-refractivity contribution in [3.63, 3.8) is 0 Å². The number of hydrogen-bond donors (Lipinski definition) is 3. The van der Waals surface area contributed by atoms with E-state index in [-0.39, 0.29) is 11.0 Å². The number of carbonyl (C=O) groups excluding carboxylic acids is 1. The number of aliphatic carboxylic acids is 1. The summed E-state index contributed by atoms with van der Waals surface area (Å²) in [6.45, 7) is 4.12. The second kappa shape index (κ2) is 10.5. The molecule has 1 saturated carbocycles. The number of nitrogens with one attached hydrogen (secondary N) is 2. The number of Topliss-reactive ketones (excluding diaryl/α,β-unsaturated/α-hetero) is 1. The summed E-state index contributed by atoms with van der Waals surface area (Å²) in [5.41, 5.74) is 2.10. The van der Waals surface area contributed by atoms with Crippen LogP contribution in [-0.2, 0) is 16.0 Å². The summed E-state index contributed by atoms with van der Waals surface area (Å²) in [6.07, 6.45) is 10.4. The first kappa shape index (κ1) is 25.3. The normalized spacial score (nSPS) is 17.6. The number of anilines is 2. The highest BCUT2D eigenvalue weighted by molar-refractivity contribution is 8.04. The maximum absolute atomic E-state index is 13.2. The lowest BCUT2D eigenvalue weighted by Gasteiger charge is -2.47. The average Bonchev–Trinajstić information content (AvgIpc) is 2.91. The third-order valence-electron chi connectivity index (χ3n) is 7.25. The van der Waals surface area contributed by atoms with Gasteiger partial charge in [-0.25, -0.2) is 9.78 Å². The fraction of sp³-hybridized carbons (Fsp3) is 0.379. The molecule has 8 heteroatoms. The van der Waals surface area contributed by atoms with E-state index in [1.54, 1.807) is 30.4 Å². The van der Waals surface area contributed by atoms with Gasteiger partial charge < -0.3 is 15.7 Å². The molecule has 2 aliphatic carbocycles. The number of carboxylic acids is 1. The second-order valence-electron chi connectivity index (χ2n) is 10.2. The van der Waals surface area contributed by atoms with E-state index < -0.39 is 17.4 Å². The molecule has 2 aromatic heterocycles. The van der Waals surface area contributed by atoms with Crippen molar-refractivity contribution in [2.75, 3.05) is 5.32 Å². The number of carbonyl (C=O) groups is 2. The van der Waals surface area contributed by atoms with Crippen molar-refractivity contribution < 1.29 is 14.7 Å². The van der Waals surface area contributed by atoms with Crippen molar-refractivity contribution in [3.8, 4) is 0 Å². The number of hydrogen-bond acceptors (Lipinski definition) is 7. The lowest BCUT2D eigenvalue weighted by molar-refractivity contribution is -0.140. The van der Waals surface area contributed by atoms with Crippen molar-refractivity contribution in [3.05, 3.63) is 71.2 Å². The molecule has 1 fully saturated rings. The third kappa shape index (κ3) is 5.07. The first-order valence-corrected chi connectivity index (χ1v) is 13.8. The topological polar surface area (TPSA) is 104 Å². The first-order valence-electron chi connectivity index (χ1n) is 12.9. The van der Waals surface area contributed by atoms with Crippen molar-refractivity contribution in [2.24, 2.45) is 5.41 Å². The summed E-state index contributed by atoms with van der Waals surface area (Å²) in [6, 6.07) is 10.8. The number of pyridine rings is 2. The standard InChI is InChI=1S/C29H32N4O3S/c1-18(2)37-24-25(29(26(24)34)12-4-3-5-13-29)33-23(28(35)36)16-19-6-8-21(9-7-19)32-27-22-17-30-14-10-20(22)11-15-31-27/h6-11,14-15,17-18,23,33H,3-5,12-13,16H2,1-2H3,(H,31,32)(H,35,36)/t23-/m0/s1. The van der Waals surface area contributed by atoms with E-state index in [0.29, 0.717) is 6.42 Å². The molecule has 37 heavy (non-hydrogen) atoms. The van der Waals surface area contributed by atoms with E-state index in [4.69, 9.17) is 0 Å². The monoisotopic (exact) mass is 516 g/mol. The molecule has 0 amide bonds. The number of carboxylic acid groups (broad SMARTS) is 1. The maximum Gasteiger partial charge on any atom is 0.326 e. The molecule has 0 radical (unpaired) electrons. The summed E-state index contributed by atoms with van der Waals surface area (Å²) in [5, 5.41) is 19.0. The Morgan fingerprint density at radius 2 is 1.81 bits per heavy atom. The van der Waals surface area contributed by atoms with Gasteiger partial charge in [0, 0.05) is 47.0 Å². The molecule has 7 nitrogen and oxygen atoms in total. The molecule has 2 aliphatic rings. The van der Waals surface area contributed by atoms with Gasteiger partial charge in [0.05, 0.1) is 10.3 Å². The second-order valence-corrected chi connectivity index (χ2v) is 11.7. The molecule has 0 unspecified atom stereocenters. The van der Waals surface area contributed by atoms with Gasteiger partial charge in [-0.3, -0.25) is 9.78 Å². The van der Waals surface area contributed by atoms with Gasteiger partial charge in [0.25, 0.3) is 0 Å². The number of allylic oxidation sites excluding steroid dienone is 2. The predicted molar refractivity (Wildman–Crippen MR) is 148 cm³/mol. The molecule has 2 heterocycles. The van der Waals surface area contributed by atoms with E-state index in [1.165, 1.54) is 0 Å². The molecule has 0 saturated heterocycles. The zero-order valence-electron chi connectivity index (χ0n) is 21.2. The van der Waals surface area contributed by atoms with Crippen LogP contribution >= 0.6 is 11.8 Å². The fourth-order valence-corrected chi connectivity index (χ4v) is 6.51. The van der Waals surface area contributed by atoms with Gasteiger partial charge in [0.2, 0.25) is 0 Å². The molecule has 1 aromatic carbocycles. The molecule has 192 valence electrons. The van der Waals surface area contributed by atoms with E-state index in [2.05, 4.69) is 34.4 Å². The minimum Gasteiger partial charge on any atom is -0.480 e. The lowest BCUT2D eigenvalue weighted by Crippen LogP contribution is -2.54. The summed E-state index contributed by atoms with van der Waals surface area (Å²) < 4.78 is 0. The highest BCUT2D eigenvalue weighted by Gasteiger charge is 2.54. The van der Waals surface area contributed by atoms with Gasteiger partial charge >= 0.3 is 5.97 Å². The van der Waals surface area contributed by atoms with Crippen molar-refractivity contribution in [1.29, 1.82) is 0 Å². The number of aromatic nitrogens is 2. The molecule has 1 spiro atoms. The molecular formula is C29H32N4O3S. The maximum atomic E-state index is 13.2. The highest BCUT2D eigenvalue weighted by atomic mass is 32.2. The SMILES string of the molecule is CC(C)SC1=C(N[C@@H](Cc2ccc(Nc3nccc4ccncc34)cc2)C(=O)O)C2(CCCCC2)C1=O. The minimum atomic E-state index is -0.915. The van der Waals surface area contributed by atoms with Crippen molar-refractivity contribution in [2.45, 2.75) is 63.7 Å². The largest absolute Gasteiger partial charge is 0.480 e. The zero-order valence-corrected chi connectivity index (χ0v) is 22.0. The Kier molecular flexibility index (Phi) is 7.20. The Bertz CT molecular complexity index is 1340. The summed E-state index contributed by atoms with van der Waals surface area (Å²) in [7, 11) is 0. The van der Waals surface area contributed by atoms with Crippen LogP contribution in [0.15, 0.2) is 65.6 Å². The van der Waals surface area contributed by atoms with Crippen LogP contribution in [0.25, 0.3) is 10.8 Å². The minimum absolute atomic E-state index is 0.199. The van der Waals surface area contributed by atoms with Gasteiger partial charge in [-0.2, -0.15) is 0 Å². The summed E-state index contributed by atoms with van der Waals surface area (Å²) >= 11 is 1.54. The number of ketones is 1. The molecule has 1 atom stereocenters. The van der Waals surface area contributed by atoms with Crippen LogP contribution in [0.5, 0.6) is 0 Å². The molecule has 3 N–H and O–H groups in total.